The Hall–Kier alpha value is -1.60. The molecule has 19 heavy (non-hydrogen) atoms. The first-order chi connectivity index (χ1) is 8.97. The second-order valence-corrected chi connectivity index (χ2v) is 5.95. The number of amidine groups is 1. The summed E-state index contributed by atoms with van der Waals surface area (Å²) in [7, 11) is -3.46. The van der Waals surface area contributed by atoms with Crippen LogP contribution in [0.2, 0.25) is 0 Å². The van der Waals surface area contributed by atoms with Gasteiger partial charge in [0, 0.05) is 13.0 Å². The number of benzene rings is 1. The van der Waals surface area contributed by atoms with Crippen molar-refractivity contribution in [2.45, 2.75) is 31.1 Å². The second kappa shape index (κ2) is 7.10. The maximum atomic E-state index is 12.0. The highest BCUT2D eigenvalue weighted by molar-refractivity contribution is 7.89. The summed E-state index contributed by atoms with van der Waals surface area (Å²) < 4.78 is 26.6. The lowest BCUT2D eigenvalue weighted by Gasteiger charge is -2.08. The molecule has 0 aliphatic rings. The highest BCUT2D eigenvalue weighted by atomic mass is 32.2. The third-order valence-corrected chi connectivity index (χ3v) is 4.28. The van der Waals surface area contributed by atoms with E-state index in [2.05, 4.69) is 9.88 Å². The van der Waals surface area contributed by atoms with E-state index in [9.17, 15) is 8.42 Å². The molecule has 0 heterocycles. The Morgan fingerprint density at radius 2 is 2.05 bits per heavy atom. The maximum absolute atomic E-state index is 12.0. The van der Waals surface area contributed by atoms with Crippen molar-refractivity contribution in [1.29, 1.82) is 0 Å². The number of aryl methyl sites for hydroxylation is 1. The van der Waals surface area contributed by atoms with Crippen molar-refractivity contribution in [3.8, 4) is 0 Å². The average Bonchev–Trinajstić information content (AvgIpc) is 2.38. The zero-order valence-electron chi connectivity index (χ0n) is 10.8. The topological polar surface area (TPSA) is 105 Å². The van der Waals surface area contributed by atoms with Crippen LogP contribution in [0.5, 0.6) is 0 Å². The van der Waals surface area contributed by atoms with Crippen molar-refractivity contribution in [2.75, 3.05) is 6.54 Å². The van der Waals surface area contributed by atoms with Crippen LogP contribution >= 0.6 is 0 Å². The minimum atomic E-state index is -3.46. The molecule has 1 aromatic carbocycles. The number of nitrogens with one attached hydrogen (secondary N) is 1. The van der Waals surface area contributed by atoms with Gasteiger partial charge in [0.15, 0.2) is 0 Å². The van der Waals surface area contributed by atoms with Gasteiger partial charge in [-0.05, 0) is 31.4 Å². The Balaban J connectivity index is 2.47. The Kier molecular flexibility index (Phi) is 5.78. The van der Waals surface area contributed by atoms with Crippen LogP contribution in [0, 0.1) is 6.92 Å². The third-order valence-electron chi connectivity index (χ3n) is 2.66. The predicted octanol–water partition coefficient (Wildman–Crippen LogP) is 1.19. The molecule has 0 saturated carbocycles. The summed E-state index contributed by atoms with van der Waals surface area (Å²) in [5.41, 5.74) is 6.03. The van der Waals surface area contributed by atoms with Crippen LogP contribution in [0.3, 0.4) is 0 Å². The quantitative estimate of drug-likeness (QED) is 0.230. The minimum Gasteiger partial charge on any atom is -0.409 e. The summed E-state index contributed by atoms with van der Waals surface area (Å²) in [6, 6.07) is 6.83. The summed E-state index contributed by atoms with van der Waals surface area (Å²) in [5.74, 6) is 0.154. The Bertz CT molecular complexity index is 541. The number of rotatable bonds is 7. The standard InChI is InChI=1S/C12H19N3O3S/c1-10-6-2-3-7-11(10)19(17,18)14-9-5-4-8-12(13)15-16/h2-3,6-7,14,16H,4-5,8-9H2,1H3,(H2,13,15). The number of hydrogen-bond acceptors (Lipinski definition) is 4. The number of nitrogens with two attached hydrogens (primary N) is 1. The molecule has 0 fully saturated rings. The zero-order chi connectivity index (χ0) is 14.3. The number of oxime groups is 1. The summed E-state index contributed by atoms with van der Waals surface area (Å²) in [6.07, 6.45) is 1.73. The lowest BCUT2D eigenvalue weighted by Crippen LogP contribution is -2.25. The minimum absolute atomic E-state index is 0.154. The molecule has 0 unspecified atom stereocenters. The highest BCUT2D eigenvalue weighted by Crippen LogP contribution is 2.13. The molecule has 6 nitrogen and oxygen atoms in total. The van der Waals surface area contributed by atoms with Crippen molar-refractivity contribution >= 4 is 15.9 Å². The van der Waals surface area contributed by atoms with E-state index in [1.807, 2.05) is 0 Å². The molecule has 0 aliphatic heterocycles. The van der Waals surface area contributed by atoms with Crippen molar-refractivity contribution in [1.82, 2.24) is 4.72 Å². The maximum Gasteiger partial charge on any atom is 0.240 e. The third kappa shape index (κ3) is 4.88. The summed E-state index contributed by atoms with van der Waals surface area (Å²) >= 11 is 0. The average molecular weight is 285 g/mol. The molecule has 0 radical (unpaired) electrons. The van der Waals surface area contributed by atoms with E-state index in [-0.39, 0.29) is 5.84 Å². The van der Waals surface area contributed by atoms with E-state index in [0.717, 1.165) is 0 Å². The molecule has 0 spiro atoms. The van der Waals surface area contributed by atoms with Crippen LogP contribution in [0.4, 0.5) is 0 Å². The van der Waals surface area contributed by atoms with E-state index in [1.54, 1.807) is 31.2 Å². The van der Waals surface area contributed by atoms with Crippen LogP contribution in [0.1, 0.15) is 24.8 Å². The fraction of sp³-hybridized carbons (Fsp3) is 0.417. The number of hydrogen-bond donors (Lipinski definition) is 3. The van der Waals surface area contributed by atoms with E-state index in [4.69, 9.17) is 10.9 Å². The molecular weight excluding hydrogens is 266 g/mol. The zero-order valence-corrected chi connectivity index (χ0v) is 11.7. The van der Waals surface area contributed by atoms with Gasteiger partial charge < -0.3 is 10.9 Å². The van der Waals surface area contributed by atoms with Gasteiger partial charge in [-0.2, -0.15) is 0 Å². The molecule has 0 atom stereocenters. The van der Waals surface area contributed by atoms with Crippen LogP contribution in [0.25, 0.3) is 0 Å². The fourth-order valence-corrected chi connectivity index (χ4v) is 2.94. The molecule has 7 heteroatoms. The van der Waals surface area contributed by atoms with Gasteiger partial charge in [0.05, 0.1) is 4.90 Å². The van der Waals surface area contributed by atoms with E-state index >= 15 is 0 Å². The second-order valence-electron chi connectivity index (χ2n) is 4.21. The molecule has 0 amide bonds. The molecule has 0 bridgehead atoms. The largest absolute Gasteiger partial charge is 0.409 e. The molecular formula is C12H19N3O3S. The normalized spacial score (nSPS) is 12.6. The molecule has 106 valence electrons. The van der Waals surface area contributed by atoms with Gasteiger partial charge >= 0.3 is 0 Å². The first-order valence-corrected chi connectivity index (χ1v) is 7.47. The highest BCUT2D eigenvalue weighted by Gasteiger charge is 2.14. The van der Waals surface area contributed by atoms with Gasteiger partial charge in [-0.25, -0.2) is 13.1 Å². The van der Waals surface area contributed by atoms with E-state index in [1.165, 1.54) is 0 Å². The lowest BCUT2D eigenvalue weighted by atomic mass is 10.2. The monoisotopic (exact) mass is 285 g/mol. The molecule has 4 N–H and O–H groups in total. The smallest absolute Gasteiger partial charge is 0.240 e. The van der Waals surface area contributed by atoms with E-state index < -0.39 is 10.0 Å². The number of sulfonamides is 1. The first kappa shape index (κ1) is 15.5. The Labute approximate surface area is 113 Å². The van der Waals surface area contributed by atoms with Gasteiger partial charge in [-0.3, -0.25) is 0 Å². The fourth-order valence-electron chi connectivity index (χ4n) is 1.62. The summed E-state index contributed by atoms with van der Waals surface area (Å²) in [5, 5.41) is 11.2. The van der Waals surface area contributed by atoms with E-state index in [0.29, 0.717) is 36.3 Å². The molecule has 1 rings (SSSR count). The van der Waals surface area contributed by atoms with Gasteiger partial charge in [0.25, 0.3) is 0 Å². The Morgan fingerprint density at radius 3 is 2.68 bits per heavy atom. The van der Waals surface area contributed by atoms with Crippen LogP contribution < -0.4 is 10.5 Å². The van der Waals surface area contributed by atoms with Crippen molar-refractivity contribution in [3.05, 3.63) is 29.8 Å². The van der Waals surface area contributed by atoms with Gasteiger partial charge in [-0.1, -0.05) is 23.4 Å². The first-order valence-electron chi connectivity index (χ1n) is 5.99. The molecule has 0 saturated heterocycles. The molecule has 0 aliphatic carbocycles. The van der Waals surface area contributed by atoms with Crippen molar-refractivity contribution in [3.63, 3.8) is 0 Å². The SMILES string of the molecule is Cc1ccccc1S(=O)(=O)NCCCCC(N)=NO. The molecule has 0 aromatic heterocycles. The molecule has 1 aromatic rings. The van der Waals surface area contributed by atoms with Crippen LogP contribution in [-0.4, -0.2) is 26.0 Å². The van der Waals surface area contributed by atoms with Crippen molar-refractivity contribution in [2.24, 2.45) is 10.9 Å². The summed E-state index contributed by atoms with van der Waals surface area (Å²) in [4.78, 5) is 0.298. The van der Waals surface area contributed by atoms with Crippen LogP contribution in [-0.2, 0) is 10.0 Å². The van der Waals surface area contributed by atoms with Gasteiger partial charge in [-0.15, -0.1) is 0 Å². The van der Waals surface area contributed by atoms with Crippen molar-refractivity contribution < 1.29 is 13.6 Å². The number of unbranched alkanes of at least 4 members (excludes halogenated alkanes) is 1. The number of nitrogens with zero attached hydrogens (tertiary/aromatic N) is 1. The summed E-state index contributed by atoms with van der Waals surface area (Å²) in [6.45, 7) is 2.09. The Morgan fingerprint density at radius 1 is 1.37 bits per heavy atom. The van der Waals surface area contributed by atoms with Crippen LogP contribution in [0.15, 0.2) is 34.3 Å². The van der Waals surface area contributed by atoms with Gasteiger partial charge in [0.2, 0.25) is 10.0 Å². The predicted molar refractivity (Wildman–Crippen MR) is 73.6 cm³/mol. The lowest BCUT2D eigenvalue weighted by molar-refractivity contribution is 0.316. The van der Waals surface area contributed by atoms with Gasteiger partial charge in [0.1, 0.15) is 5.84 Å².